The number of aromatic nitrogens is 2. The molecule has 3 aromatic rings. The summed E-state index contributed by atoms with van der Waals surface area (Å²) in [4.78, 5) is 4.38. The van der Waals surface area contributed by atoms with E-state index in [1.165, 1.54) is 11.1 Å². The highest BCUT2D eigenvalue weighted by molar-refractivity contribution is 6.44. The smallest absolute Gasteiger partial charge is 0.0953 e. The minimum Gasteiger partial charge on any atom is -0.327 e. The van der Waals surface area contributed by atoms with Crippen molar-refractivity contribution < 1.29 is 0 Å². The van der Waals surface area contributed by atoms with Crippen LogP contribution in [0.2, 0.25) is 5.54 Å². The molecule has 1 atom stereocenters. The highest BCUT2D eigenvalue weighted by Crippen LogP contribution is 2.36. The van der Waals surface area contributed by atoms with Gasteiger partial charge in [0.2, 0.25) is 0 Å². The molecule has 1 heterocycles. The average molecular weight is 347 g/mol. The minimum atomic E-state index is -0.607. The number of hydrogen-bond acceptors (Lipinski definition) is 1. The zero-order chi connectivity index (χ0) is 17.5. The van der Waals surface area contributed by atoms with Crippen LogP contribution in [-0.2, 0) is 5.16 Å². The van der Waals surface area contributed by atoms with Gasteiger partial charge in [0, 0.05) is 12.4 Å². The minimum absolute atomic E-state index is 0.128. The summed E-state index contributed by atoms with van der Waals surface area (Å²) in [6.07, 6.45) is 11.8. The Kier molecular flexibility index (Phi) is 5.66. The molecule has 0 radical (unpaired) electrons. The summed E-state index contributed by atoms with van der Waals surface area (Å²) in [6, 6.07) is 21.8. The lowest BCUT2D eigenvalue weighted by Gasteiger charge is -2.38. The third-order valence-corrected chi connectivity index (χ3v) is 7.45. The number of imidazole rings is 1. The Labute approximate surface area is 153 Å². The molecule has 0 bridgehead atoms. The molecule has 1 aromatic heterocycles. The standard InChI is InChI=1S/C22H26N2Si/c1-3-4-11-19(2)25-22(24-17-16-23-18-24,20-12-7-5-8-13-20)21-14-9-6-10-15-21/h4-19H,3,25H2,1-2H3. The second-order valence-corrected chi connectivity index (χ2v) is 9.30. The van der Waals surface area contributed by atoms with Gasteiger partial charge in [0.15, 0.2) is 0 Å². The van der Waals surface area contributed by atoms with E-state index in [-0.39, 0.29) is 5.16 Å². The van der Waals surface area contributed by atoms with E-state index in [4.69, 9.17) is 0 Å². The van der Waals surface area contributed by atoms with Crippen molar-refractivity contribution >= 4 is 9.52 Å². The summed E-state index contributed by atoms with van der Waals surface area (Å²) < 4.78 is 2.32. The first-order valence-electron chi connectivity index (χ1n) is 9.03. The molecule has 128 valence electrons. The van der Waals surface area contributed by atoms with Crippen LogP contribution in [0.25, 0.3) is 0 Å². The molecule has 0 saturated heterocycles. The third-order valence-electron chi connectivity index (χ3n) is 4.77. The van der Waals surface area contributed by atoms with Gasteiger partial charge in [0.05, 0.1) is 21.0 Å². The molecule has 2 aromatic carbocycles. The normalized spacial score (nSPS) is 13.7. The van der Waals surface area contributed by atoms with E-state index in [0.717, 1.165) is 6.42 Å². The fourth-order valence-corrected chi connectivity index (χ4v) is 6.22. The summed E-state index contributed by atoms with van der Waals surface area (Å²) in [5, 5.41) is -0.128. The summed E-state index contributed by atoms with van der Waals surface area (Å²) in [5.74, 6) is 0. The molecular weight excluding hydrogens is 320 g/mol. The molecule has 0 aliphatic carbocycles. The van der Waals surface area contributed by atoms with Crippen LogP contribution in [0.3, 0.4) is 0 Å². The van der Waals surface area contributed by atoms with Crippen LogP contribution >= 0.6 is 0 Å². The SMILES string of the molecule is CCC=CC(C)[SiH2]C(c1ccccc1)(c1ccccc1)n1ccnc1. The second-order valence-electron chi connectivity index (χ2n) is 6.58. The van der Waals surface area contributed by atoms with Crippen molar-refractivity contribution in [2.24, 2.45) is 0 Å². The maximum Gasteiger partial charge on any atom is 0.0953 e. The molecule has 0 spiro atoms. The Morgan fingerprint density at radius 1 is 1.04 bits per heavy atom. The molecular formula is C22H26N2Si. The molecule has 0 amide bonds. The molecule has 0 fully saturated rings. The van der Waals surface area contributed by atoms with Crippen LogP contribution in [-0.4, -0.2) is 19.1 Å². The number of allylic oxidation sites excluding steroid dienone is 2. The van der Waals surface area contributed by atoms with Crippen molar-refractivity contribution in [1.82, 2.24) is 9.55 Å². The number of benzene rings is 2. The lowest BCUT2D eigenvalue weighted by Crippen LogP contribution is -2.43. The molecule has 0 aliphatic heterocycles. The van der Waals surface area contributed by atoms with Crippen molar-refractivity contribution in [3.05, 3.63) is 103 Å². The Hall–Kier alpha value is -2.39. The predicted molar refractivity (Wildman–Crippen MR) is 109 cm³/mol. The van der Waals surface area contributed by atoms with Crippen LogP contribution in [0.4, 0.5) is 0 Å². The topological polar surface area (TPSA) is 17.8 Å². The first-order valence-corrected chi connectivity index (χ1v) is 10.6. The fourth-order valence-electron chi connectivity index (χ4n) is 3.62. The Morgan fingerprint density at radius 3 is 2.12 bits per heavy atom. The lowest BCUT2D eigenvalue weighted by molar-refractivity contribution is 0.587. The monoisotopic (exact) mass is 346 g/mol. The van der Waals surface area contributed by atoms with E-state index in [9.17, 15) is 0 Å². The van der Waals surface area contributed by atoms with E-state index in [2.05, 4.69) is 102 Å². The first kappa shape index (κ1) is 17.4. The van der Waals surface area contributed by atoms with Crippen LogP contribution < -0.4 is 0 Å². The summed E-state index contributed by atoms with van der Waals surface area (Å²) >= 11 is 0. The van der Waals surface area contributed by atoms with Gasteiger partial charge in [-0.1, -0.05) is 86.7 Å². The molecule has 2 nitrogen and oxygen atoms in total. The van der Waals surface area contributed by atoms with Crippen LogP contribution in [0, 0.1) is 0 Å². The highest BCUT2D eigenvalue weighted by atomic mass is 28.2. The van der Waals surface area contributed by atoms with Gasteiger partial charge in [-0.05, 0) is 23.1 Å². The van der Waals surface area contributed by atoms with Crippen molar-refractivity contribution in [2.75, 3.05) is 0 Å². The first-order chi connectivity index (χ1) is 12.3. The molecule has 0 aliphatic rings. The van der Waals surface area contributed by atoms with Gasteiger partial charge in [0.1, 0.15) is 0 Å². The largest absolute Gasteiger partial charge is 0.327 e. The molecule has 3 heteroatoms. The van der Waals surface area contributed by atoms with Crippen molar-refractivity contribution in [1.29, 1.82) is 0 Å². The quantitative estimate of drug-likeness (QED) is 0.452. The molecule has 25 heavy (non-hydrogen) atoms. The molecule has 1 unspecified atom stereocenters. The van der Waals surface area contributed by atoms with Gasteiger partial charge < -0.3 is 4.57 Å². The Bertz CT molecular complexity index is 740. The third kappa shape index (κ3) is 3.66. The fraction of sp³-hybridized carbons (Fsp3) is 0.227. The van der Waals surface area contributed by atoms with E-state index in [1.54, 1.807) is 0 Å². The summed E-state index contributed by atoms with van der Waals surface area (Å²) in [5.41, 5.74) is 3.29. The van der Waals surface area contributed by atoms with Crippen molar-refractivity contribution in [2.45, 2.75) is 31.0 Å². The van der Waals surface area contributed by atoms with Crippen molar-refractivity contribution in [3.8, 4) is 0 Å². The van der Waals surface area contributed by atoms with Crippen molar-refractivity contribution in [3.63, 3.8) is 0 Å². The molecule has 3 rings (SSSR count). The van der Waals surface area contributed by atoms with Crippen LogP contribution in [0.1, 0.15) is 31.4 Å². The predicted octanol–water partition coefficient (Wildman–Crippen LogP) is 4.58. The summed E-state index contributed by atoms with van der Waals surface area (Å²) in [6.45, 7) is 4.55. The van der Waals surface area contributed by atoms with Gasteiger partial charge >= 0.3 is 0 Å². The van der Waals surface area contributed by atoms with Gasteiger partial charge in [-0.25, -0.2) is 4.98 Å². The van der Waals surface area contributed by atoms with E-state index >= 15 is 0 Å². The van der Waals surface area contributed by atoms with E-state index < -0.39 is 9.52 Å². The number of nitrogens with zero attached hydrogens (tertiary/aromatic N) is 2. The van der Waals surface area contributed by atoms with E-state index in [0.29, 0.717) is 5.54 Å². The lowest BCUT2D eigenvalue weighted by atomic mass is 9.97. The van der Waals surface area contributed by atoms with Crippen LogP contribution in [0.5, 0.6) is 0 Å². The molecule has 0 N–H and O–H groups in total. The van der Waals surface area contributed by atoms with Gasteiger partial charge in [-0.15, -0.1) is 0 Å². The maximum atomic E-state index is 4.38. The number of rotatable bonds is 7. The zero-order valence-electron chi connectivity index (χ0n) is 15.0. The second kappa shape index (κ2) is 8.12. The Balaban J connectivity index is 2.19. The van der Waals surface area contributed by atoms with Gasteiger partial charge in [0.25, 0.3) is 0 Å². The zero-order valence-corrected chi connectivity index (χ0v) is 16.5. The summed E-state index contributed by atoms with van der Waals surface area (Å²) in [7, 11) is -0.607. The maximum absolute atomic E-state index is 4.38. The van der Waals surface area contributed by atoms with E-state index in [1.807, 2.05) is 12.5 Å². The Morgan fingerprint density at radius 2 is 1.64 bits per heavy atom. The highest BCUT2D eigenvalue weighted by Gasteiger charge is 2.37. The molecule has 0 saturated carbocycles. The number of hydrogen-bond donors (Lipinski definition) is 0. The van der Waals surface area contributed by atoms with Gasteiger partial charge in [-0.2, -0.15) is 0 Å². The van der Waals surface area contributed by atoms with Crippen LogP contribution in [0.15, 0.2) is 91.5 Å². The average Bonchev–Trinajstić information content (AvgIpc) is 3.21. The van der Waals surface area contributed by atoms with Gasteiger partial charge in [-0.3, -0.25) is 0 Å².